The molecule has 2 aromatic carbocycles. The second kappa shape index (κ2) is 12.6. The Morgan fingerprint density at radius 2 is 1.87 bits per heavy atom. The minimum atomic E-state index is -0.563. The molecule has 2 rings (SSSR count). The van der Waals surface area contributed by atoms with E-state index in [1.165, 1.54) is 11.8 Å². The molecule has 0 fully saturated rings. The van der Waals surface area contributed by atoms with Crippen molar-refractivity contribution in [2.75, 3.05) is 12.3 Å². The Balaban J connectivity index is 2.06. The van der Waals surface area contributed by atoms with Gasteiger partial charge in [-0.1, -0.05) is 64.3 Å². The third kappa shape index (κ3) is 7.80. The summed E-state index contributed by atoms with van der Waals surface area (Å²) < 4.78 is 0.966. The maximum Gasteiger partial charge on any atom is 0.242 e. The first-order valence-electron chi connectivity index (χ1n) is 9.65. The van der Waals surface area contributed by atoms with E-state index >= 15 is 0 Å². The van der Waals surface area contributed by atoms with Crippen LogP contribution < -0.4 is 5.32 Å². The van der Waals surface area contributed by atoms with Crippen molar-refractivity contribution >= 4 is 62.7 Å². The number of carbonyl (C=O) groups excluding carboxylic acids is 2. The van der Waals surface area contributed by atoms with Crippen molar-refractivity contribution in [1.82, 2.24) is 10.2 Å². The van der Waals surface area contributed by atoms with Crippen molar-refractivity contribution in [2.24, 2.45) is 0 Å². The van der Waals surface area contributed by atoms with E-state index in [1.54, 1.807) is 24.0 Å². The van der Waals surface area contributed by atoms with Crippen LogP contribution in [0.2, 0.25) is 10.0 Å². The molecule has 0 aliphatic heterocycles. The zero-order valence-electron chi connectivity index (χ0n) is 17.0. The summed E-state index contributed by atoms with van der Waals surface area (Å²) in [5, 5.41) is 4.05. The van der Waals surface area contributed by atoms with Gasteiger partial charge in [0.1, 0.15) is 6.04 Å². The third-order valence-electron chi connectivity index (χ3n) is 4.48. The monoisotopic (exact) mass is 530 g/mol. The molecule has 0 aromatic heterocycles. The Kier molecular flexibility index (Phi) is 10.5. The predicted molar refractivity (Wildman–Crippen MR) is 130 cm³/mol. The van der Waals surface area contributed by atoms with Crippen LogP contribution in [0, 0.1) is 0 Å². The van der Waals surface area contributed by atoms with Crippen molar-refractivity contribution < 1.29 is 9.59 Å². The molecule has 162 valence electrons. The molecule has 0 bridgehead atoms. The molecule has 2 amide bonds. The largest absolute Gasteiger partial charge is 0.354 e. The van der Waals surface area contributed by atoms with Crippen LogP contribution >= 0.6 is 50.9 Å². The maximum absolute atomic E-state index is 13.0. The third-order valence-corrected chi connectivity index (χ3v) is 6.56. The lowest BCUT2D eigenvalue weighted by Gasteiger charge is -2.28. The van der Waals surface area contributed by atoms with Gasteiger partial charge < -0.3 is 10.2 Å². The number of hydrogen-bond donors (Lipinski definition) is 1. The molecule has 1 atom stereocenters. The Labute approximate surface area is 200 Å². The second-order valence-corrected chi connectivity index (χ2v) is 9.59. The van der Waals surface area contributed by atoms with Crippen LogP contribution in [-0.4, -0.2) is 35.1 Å². The van der Waals surface area contributed by atoms with E-state index in [2.05, 4.69) is 21.2 Å². The SMILES string of the molecule is CCCNC(=O)[C@H](C)N(Cc1ccc(Br)cc1)C(=O)CSCc1ccc(Cl)cc1Cl. The van der Waals surface area contributed by atoms with Crippen molar-refractivity contribution in [3.05, 3.63) is 68.1 Å². The number of rotatable bonds is 10. The summed E-state index contributed by atoms with van der Waals surface area (Å²) in [7, 11) is 0. The molecule has 0 radical (unpaired) electrons. The quantitative estimate of drug-likeness (QED) is 0.413. The van der Waals surface area contributed by atoms with Crippen molar-refractivity contribution in [2.45, 2.75) is 38.6 Å². The molecule has 0 aliphatic rings. The van der Waals surface area contributed by atoms with Gasteiger partial charge in [-0.3, -0.25) is 9.59 Å². The standard InChI is InChI=1S/C22H25BrCl2N2O2S/c1-3-10-26-22(29)15(2)27(12-16-4-7-18(23)8-5-16)21(28)14-30-13-17-6-9-19(24)11-20(17)25/h4-9,11,15H,3,10,12-14H2,1-2H3,(H,26,29)/t15-/m0/s1. The molecule has 8 heteroatoms. The lowest BCUT2D eigenvalue weighted by molar-refractivity contribution is -0.138. The number of nitrogens with zero attached hydrogens (tertiary/aromatic N) is 1. The Hall–Kier alpha value is -1.21. The normalized spacial score (nSPS) is 11.8. The summed E-state index contributed by atoms with van der Waals surface area (Å²) in [5.74, 6) is 0.603. The Morgan fingerprint density at radius 1 is 1.17 bits per heavy atom. The van der Waals surface area contributed by atoms with Crippen LogP contribution in [0.1, 0.15) is 31.4 Å². The van der Waals surface area contributed by atoms with E-state index in [-0.39, 0.29) is 17.6 Å². The van der Waals surface area contributed by atoms with Crippen LogP contribution in [0.15, 0.2) is 46.9 Å². The van der Waals surface area contributed by atoms with Gasteiger partial charge in [0.2, 0.25) is 11.8 Å². The lowest BCUT2D eigenvalue weighted by atomic mass is 10.1. The van der Waals surface area contributed by atoms with Gasteiger partial charge in [-0.05, 0) is 48.7 Å². The summed E-state index contributed by atoms with van der Waals surface area (Å²) in [6, 6.07) is 12.5. The molecule has 0 saturated heterocycles. The molecule has 2 aromatic rings. The Morgan fingerprint density at radius 3 is 2.50 bits per heavy atom. The Bertz CT molecular complexity index is 865. The van der Waals surface area contributed by atoms with Crippen LogP contribution in [0.4, 0.5) is 0 Å². The van der Waals surface area contributed by atoms with E-state index in [0.717, 1.165) is 22.0 Å². The van der Waals surface area contributed by atoms with Gasteiger partial charge in [0, 0.05) is 33.4 Å². The first kappa shape index (κ1) is 25.1. The fourth-order valence-corrected chi connectivity index (χ4v) is 4.47. The van der Waals surface area contributed by atoms with Gasteiger partial charge in [0.25, 0.3) is 0 Å². The molecule has 0 saturated carbocycles. The van der Waals surface area contributed by atoms with Crippen LogP contribution in [0.25, 0.3) is 0 Å². The summed E-state index contributed by atoms with van der Waals surface area (Å²) in [5.41, 5.74) is 1.89. The number of halogens is 3. The van der Waals surface area contributed by atoms with Gasteiger partial charge in [0.15, 0.2) is 0 Å². The van der Waals surface area contributed by atoms with Gasteiger partial charge in [-0.2, -0.15) is 0 Å². The van der Waals surface area contributed by atoms with Crippen LogP contribution in [-0.2, 0) is 21.9 Å². The molecular formula is C22H25BrCl2N2O2S. The van der Waals surface area contributed by atoms with Crippen molar-refractivity contribution in [1.29, 1.82) is 0 Å². The number of hydrogen-bond acceptors (Lipinski definition) is 3. The first-order valence-corrected chi connectivity index (χ1v) is 12.4. The van der Waals surface area contributed by atoms with E-state index in [4.69, 9.17) is 23.2 Å². The fraction of sp³-hybridized carbons (Fsp3) is 0.364. The molecule has 30 heavy (non-hydrogen) atoms. The first-order chi connectivity index (χ1) is 14.3. The summed E-state index contributed by atoms with van der Waals surface area (Å²) in [6.07, 6.45) is 0.844. The molecule has 0 heterocycles. The number of nitrogens with one attached hydrogen (secondary N) is 1. The summed E-state index contributed by atoms with van der Waals surface area (Å²) in [6.45, 7) is 4.72. The number of amides is 2. The molecule has 0 aliphatic carbocycles. The van der Waals surface area contributed by atoms with E-state index in [1.807, 2.05) is 37.3 Å². The van der Waals surface area contributed by atoms with Crippen molar-refractivity contribution in [3.63, 3.8) is 0 Å². The van der Waals surface area contributed by atoms with Crippen LogP contribution in [0.3, 0.4) is 0 Å². The van der Waals surface area contributed by atoms with E-state index < -0.39 is 6.04 Å². The van der Waals surface area contributed by atoms with Gasteiger partial charge in [-0.15, -0.1) is 11.8 Å². The number of benzene rings is 2. The summed E-state index contributed by atoms with van der Waals surface area (Å²) in [4.78, 5) is 27.2. The van der Waals surface area contributed by atoms with Gasteiger partial charge >= 0.3 is 0 Å². The molecule has 4 nitrogen and oxygen atoms in total. The molecule has 1 N–H and O–H groups in total. The summed E-state index contributed by atoms with van der Waals surface area (Å²) >= 11 is 17.0. The zero-order valence-corrected chi connectivity index (χ0v) is 20.9. The highest BCUT2D eigenvalue weighted by Crippen LogP contribution is 2.25. The van der Waals surface area contributed by atoms with E-state index in [0.29, 0.717) is 28.9 Å². The minimum absolute atomic E-state index is 0.0906. The average Bonchev–Trinajstić information content (AvgIpc) is 2.72. The zero-order chi connectivity index (χ0) is 22.1. The van der Waals surface area contributed by atoms with E-state index in [9.17, 15) is 9.59 Å². The van der Waals surface area contributed by atoms with Gasteiger partial charge in [-0.25, -0.2) is 0 Å². The highest BCUT2D eigenvalue weighted by atomic mass is 79.9. The average molecular weight is 532 g/mol. The fourth-order valence-electron chi connectivity index (χ4n) is 2.73. The highest BCUT2D eigenvalue weighted by molar-refractivity contribution is 9.10. The molecule has 0 spiro atoms. The van der Waals surface area contributed by atoms with Crippen molar-refractivity contribution in [3.8, 4) is 0 Å². The number of thioether (sulfide) groups is 1. The smallest absolute Gasteiger partial charge is 0.242 e. The van der Waals surface area contributed by atoms with Crippen LogP contribution in [0.5, 0.6) is 0 Å². The highest BCUT2D eigenvalue weighted by Gasteiger charge is 2.25. The topological polar surface area (TPSA) is 49.4 Å². The number of carbonyl (C=O) groups is 2. The maximum atomic E-state index is 13.0. The predicted octanol–water partition coefficient (Wildman–Crippen LogP) is 5.93. The van der Waals surface area contributed by atoms with Gasteiger partial charge in [0.05, 0.1) is 5.75 Å². The second-order valence-electron chi connectivity index (χ2n) is 6.84. The molecule has 0 unspecified atom stereocenters. The lowest BCUT2D eigenvalue weighted by Crippen LogP contribution is -2.48. The minimum Gasteiger partial charge on any atom is -0.354 e. The molecular weight excluding hydrogens is 507 g/mol.